The van der Waals surface area contributed by atoms with Gasteiger partial charge < -0.3 is 0 Å². The Labute approximate surface area is 112 Å². The van der Waals surface area contributed by atoms with E-state index in [1.54, 1.807) is 0 Å². The molecule has 0 aromatic heterocycles. The van der Waals surface area contributed by atoms with E-state index in [1.807, 2.05) is 0 Å². The predicted octanol–water partition coefficient (Wildman–Crippen LogP) is 2.63. The van der Waals surface area contributed by atoms with E-state index >= 15 is 0 Å². The first kappa shape index (κ1) is 11.7. The van der Waals surface area contributed by atoms with Crippen LogP contribution in [-0.2, 0) is 0 Å². The van der Waals surface area contributed by atoms with Crippen LogP contribution in [0.5, 0.6) is 0 Å². The van der Waals surface area contributed by atoms with Crippen molar-refractivity contribution >= 4 is 5.71 Å². The number of aliphatic imine (C=N–C) groups is 1. The van der Waals surface area contributed by atoms with Crippen molar-refractivity contribution in [1.29, 1.82) is 15.8 Å². The van der Waals surface area contributed by atoms with Crippen molar-refractivity contribution in [1.82, 2.24) is 0 Å². The van der Waals surface area contributed by atoms with Gasteiger partial charge in [0.1, 0.15) is 0 Å². The topological polar surface area (TPSA) is 83.7 Å². The average molecular weight is 248 g/mol. The van der Waals surface area contributed by atoms with Gasteiger partial charge in [0.15, 0.2) is 5.41 Å². The van der Waals surface area contributed by atoms with E-state index < -0.39 is 5.41 Å². The molecule has 0 amide bonds. The Kier molecular flexibility index (Phi) is 2.34. The van der Waals surface area contributed by atoms with Gasteiger partial charge in [-0.3, -0.25) is 4.99 Å². The molecule has 0 bridgehead atoms. The molecular formula is C15H12N4. The first-order valence-electron chi connectivity index (χ1n) is 6.39. The SMILES string of the molecule is C=C1CCC2C1C(N=C1CC1)=C(C#N)C2(C#N)C#N. The third-order valence-corrected chi connectivity index (χ3v) is 4.34. The van der Waals surface area contributed by atoms with Gasteiger partial charge in [0, 0.05) is 17.5 Å². The van der Waals surface area contributed by atoms with E-state index in [0.717, 1.165) is 37.0 Å². The second-order valence-electron chi connectivity index (χ2n) is 5.36. The molecule has 3 aliphatic rings. The fourth-order valence-electron chi connectivity index (χ4n) is 3.25. The van der Waals surface area contributed by atoms with Crippen LogP contribution in [0.2, 0.25) is 0 Å². The lowest BCUT2D eigenvalue weighted by Gasteiger charge is -2.20. The van der Waals surface area contributed by atoms with Crippen molar-refractivity contribution in [2.24, 2.45) is 22.2 Å². The highest BCUT2D eigenvalue weighted by molar-refractivity contribution is 5.98. The third-order valence-electron chi connectivity index (χ3n) is 4.34. The zero-order chi connectivity index (χ0) is 13.6. The second kappa shape index (κ2) is 3.81. The maximum Gasteiger partial charge on any atom is 0.183 e. The van der Waals surface area contributed by atoms with Crippen LogP contribution in [0.3, 0.4) is 0 Å². The monoisotopic (exact) mass is 248 g/mol. The minimum absolute atomic E-state index is 0.0814. The molecule has 2 fully saturated rings. The summed E-state index contributed by atoms with van der Waals surface area (Å²) in [5.74, 6) is -0.232. The van der Waals surface area contributed by atoms with Crippen molar-refractivity contribution in [2.75, 3.05) is 0 Å². The zero-order valence-corrected chi connectivity index (χ0v) is 10.5. The molecule has 0 spiro atoms. The van der Waals surface area contributed by atoms with E-state index in [9.17, 15) is 15.8 Å². The van der Waals surface area contributed by atoms with Gasteiger partial charge in [0.2, 0.25) is 0 Å². The maximum atomic E-state index is 9.48. The Hall–Kier alpha value is -2.38. The lowest BCUT2D eigenvalue weighted by molar-refractivity contribution is 0.368. The van der Waals surface area contributed by atoms with Crippen LogP contribution in [0.15, 0.2) is 28.4 Å². The van der Waals surface area contributed by atoms with Crippen LogP contribution in [0.4, 0.5) is 0 Å². The number of fused-ring (bicyclic) bond motifs is 1. The van der Waals surface area contributed by atoms with Crippen LogP contribution in [-0.4, -0.2) is 5.71 Å². The molecule has 0 radical (unpaired) electrons. The van der Waals surface area contributed by atoms with Crippen LogP contribution < -0.4 is 0 Å². The average Bonchev–Trinajstić information content (AvgIpc) is 3.09. The van der Waals surface area contributed by atoms with E-state index in [1.165, 1.54) is 0 Å². The normalized spacial score (nSPS) is 30.4. The first-order valence-corrected chi connectivity index (χ1v) is 6.39. The van der Waals surface area contributed by atoms with Gasteiger partial charge >= 0.3 is 0 Å². The fraction of sp³-hybridized carbons (Fsp3) is 0.467. The van der Waals surface area contributed by atoms with Crippen molar-refractivity contribution in [3.63, 3.8) is 0 Å². The van der Waals surface area contributed by atoms with Gasteiger partial charge in [-0.15, -0.1) is 0 Å². The fourth-order valence-corrected chi connectivity index (χ4v) is 3.25. The van der Waals surface area contributed by atoms with Crippen LogP contribution in [0.25, 0.3) is 0 Å². The van der Waals surface area contributed by atoms with Gasteiger partial charge in [-0.25, -0.2) is 0 Å². The largest absolute Gasteiger partial charge is 0.260 e. The number of hydrogen-bond acceptors (Lipinski definition) is 4. The third kappa shape index (κ3) is 1.39. The molecule has 4 heteroatoms. The molecule has 92 valence electrons. The molecule has 0 N–H and O–H groups in total. The van der Waals surface area contributed by atoms with Gasteiger partial charge in [0.25, 0.3) is 0 Å². The van der Waals surface area contributed by atoms with Crippen LogP contribution in [0, 0.1) is 51.2 Å². The molecule has 0 aliphatic heterocycles. The standard InChI is InChI=1S/C15H12N4/c1-9-2-5-11-13(9)14(19-10-3-4-10)12(6-16)15(11,7-17)8-18/h11,13H,1-5H2. The Morgan fingerprint density at radius 1 is 1.16 bits per heavy atom. The molecule has 2 unspecified atom stereocenters. The van der Waals surface area contributed by atoms with Gasteiger partial charge in [-0.05, 0) is 25.7 Å². The summed E-state index contributed by atoms with van der Waals surface area (Å²) in [6.07, 6.45) is 3.47. The smallest absolute Gasteiger partial charge is 0.183 e. The van der Waals surface area contributed by atoms with Gasteiger partial charge in [-0.1, -0.05) is 12.2 Å². The second-order valence-corrected chi connectivity index (χ2v) is 5.36. The summed E-state index contributed by atoms with van der Waals surface area (Å²) < 4.78 is 0. The highest BCUT2D eigenvalue weighted by atomic mass is 14.8. The zero-order valence-electron chi connectivity index (χ0n) is 10.5. The van der Waals surface area contributed by atoms with Crippen molar-refractivity contribution in [2.45, 2.75) is 25.7 Å². The predicted molar refractivity (Wildman–Crippen MR) is 68.3 cm³/mol. The summed E-state index contributed by atoms with van der Waals surface area (Å²) in [6.45, 7) is 4.05. The van der Waals surface area contributed by atoms with Crippen molar-refractivity contribution in [3.05, 3.63) is 23.4 Å². The summed E-state index contributed by atoms with van der Waals surface area (Å²) in [5, 5.41) is 28.4. The summed E-state index contributed by atoms with van der Waals surface area (Å²) in [6, 6.07) is 6.26. The van der Waals surface area contributed by atoms with E-state index in [2.05, 4.69) is 29.8 Å². The van der Waals surface area contributed by atoms with Gasteiger partial charge in [-0.2, -0.15) is 15.8 Å². The molecule has 4 nitrogen and oxygen atoms in total. The molecule has 0 aromatic carbocycles. The number of rotatable bonds is 1. The first-order chi connectivity index (χ1) is 9.17. The maximum absolute atomic E-state index is 9.48. The number of nitriles is 3. The molecule has 2 atom stereocenters. The highest BCUT2D eigenvalue weighted by Gasteiger charge is 2.58. The number of nitrogens with zero attached hydrogens (tertiary/aromatic N) is 4. The van der Waals surface area contributed by atoms with Crippen molar-refractivity contribution < 1.29 is 0 Å². The summed E-state index contributed by atoms with van der Waals surface area (Å²) in [5.41, 5.74) is 1.64. The number of allylic oxidation sites excluding steroid dienone is 2. The Morgan fingerprint density at radius 3 is 2.37 bits per heavy atom. The van der Waals surface area contributed by atoms with Crippen molar-refractivity contribution in [3.8, 4) is 18.2 Å². The van der Waals surface area contributed by atoms with Crippen LogP contribution in [0.1, 0.15) is 25.7 Å². The highest BCUT2D eigenvalue weighted by Crippen LogP contribution is 2.59. The molecule has 0 saturated heterocycles. The molecule has 3 aliphatic carbocycles. The van der Waals surface area contributed by atoms with E-state index in [0.29, 0.717) is 5.70 Å². The molecule has 0 aromatic rings. The Bertz CT molecular complexity index is 640. The van der Waals surface area contributed by atoms with Crippen LogP contribution >= 0.6 is 0 Å². The van der Waals surface area contributed by atoms with E-state index in [-0.39, 0.29) is 17.4 Å². The minimum atomic E-state index is -1.33. The molecule has 0 heterocycles. The summed E-state index contributed by atoms with van der Waals surface area (Å²) in [7, 11) is 0. The minimum Gasteiger partial charge on any atom is -0.260 e. The lowest BCUT2D eigenvalue weighted by atomic mass is 9.74. The molecule has 2 saturated carbocycles. The summed E-state index contributed by atoms with van der Waals surface area (Å²) in [4.78, 5) is 4.53. The lowest BCUT2D eigenvalue weighted by Crippen LogP contribution is -2.25. The summed E-state index contributed by atoms with van der Waals surface area (Å²) >= 11 is 0. The van der Waals surface area contributed by atoms with E-state index in [4.69, 9.17) is 0 Å². The Morgan fingerprint density at radius 2 is 1.84 bits per heavy atom. The Balaban J connectivity index is 2.24. The molecule has 3 rings (SSSR count). The number of hydrogen-bond donors (Lipinski definition) is 0. The molecule has 19 heavy (non-hydrogen) atoms. The quantitative estimate of drug-likeness (QED) is 0.668. The van der Waals surface area contributed by atoms with Gasteiger partial charge in [0.05, 0.1) is 29.5 Å². The molecular weight excluding hydrogens is 236 g/mol.